The Morgan fingerprint density at radius 1 is 0.632 bits per heavy atom. The second-order valence-electron chi connectivity index (χ2n) is 4.76. The van der Waals surface area contributed by atoms with Gasteiger partial charge in [0.15, 0.2) is 0 Å². The van der Waals surface area contributed by atoms with Crippen molar-refractivity contribution in [3.8, 4) is 0 Å². The van der Waals surface area contributed by atoms with Gasteiger partial charge in [0.1, 0.15) is 12.2 Å². The van der Waals surface area contributed by atoms with Gasteiger partial charge in [-0.1, -0.05) is 60.7 Å². The number of rotatable bonds is 2. The highest BCUT2D eigenvalue weighted by Crippen LogP contribution is 2.36. The maximum atomic E-state index is 6.03. The van der Waals surface area contributed by atoms with Crippen LogP contribution < -0.4 is 0 Å². The first-order chi connectivity index (χ1) is 9.45. The van der Waals surface area contributed by atoms with Crippen LogP contribution in [0.3, 0.4) is 0 Å². The zero-order valence-corrected chi connectivity index (χ0v) is 10.9. The molecule has 1 fully saturated rings. The molecule has 1 aliphatic heterocycles. The molecule has 0 amide bonds. The van der Waals surface area contributed by atoms with Crippen molar-refractivity contribution in [1.82, 2.24) is 0 Å². The Morgan fingerprint density at radius 2 is 1.05 bits per heavy atom. The van der Waals surface area contributed by atoms with E-state index in [1.807, 2.05) is 36.4 Å². The van der Waals surface area contributed by atoms with E-state index in [2.05, 4.69) is 24.3 Å². The van der Waals surface area contributed by atoms with Crippen LogP contribution in [0.1, 0.15) is 29.8 Å². The average molecular weight is 254 g/mol. The molecule has 2 heteroatoms. The lowest BCUT2D eigenvalue weighted by Crippen LogP contribution is -2.15. The molecule has 1 aliphatic rings. The molecule has 3 rings (SSSR count). The van der Waals surface area contributed by atoms with Crippen LogP contribution in [0.25, 0.3) is 0 Å². The molecular formula is C17H18O2. The molecule has 1 heterocycles. The van der Waals surface area contributed by atoms with Crippen LogP contribution in [-0.4, -0.2) is 13.2 Å². The molecule has 0 aromatic heterocycles. The van der Waals surface area contributed by atoms with Gasteiger partial charge in [-0.2, -0.15) is 0 Å². The van der Waals surface area contributed by atoms with Crippen LogP contribution in [0.5, 0.6) is 0 Å². The summed E-state index contributed by atoms with van der Waals surface area (Å²) < 4.78 is 12.1. The fourth-order valence-electron chi connectivity index (χ4n) is 2.48. The first-order valence-electron chi connectivity index (χ1n) is 6.78. The molecule has 2 nitrogen and oxygen atoms in total. The maximum Gasteiger partial charge on any atom is 0.113 e. The van der Waals surface area contributed by atoms with Crippen molar-refractivity contribution < 1.29 is 9.47 Å². The molecule has 0 spiro atoms. The standard InChI is InChI=1S/C17H18O2/c1-3-8-14(9-4-1)16-17(19-13-7-12-18-16)15-10-5-2-6-11-15/h1-6,8-11,16-17H,7,12-13H2/t16-,17+. The van der Waals surface area contributed by atoms with Crippen LogP contribution in [0.4, 0.5) is 0 Å². The van der Waals surface area contributed by atoms with E-state index < -0.39 is 0 Å². The zero-order valence-electron chi connectivity index (χ0n) is 10.9. The Balaban J connectivity index is 1.94. The first kappa shape index (κ1) is 12.4. The van der Waals surface area contributed by atoms with Crippen LogP contribution in [0, 0.1) is 0 Å². The molecule has 0 aliphatic carbocycles. The van der Waals surface area contributed by atoms with E-state index in [-0.39, 0.29) is 12.2 Å². The van der Waals surface area contributed by atoms with Gasteiger partial charge in [0.2, 0.25) is 0 Å². The molecule has 0 radical (unpaired) electrons. The minimum atomic E-state index is -0.0221. The van der Waals surface area contributed by atoms with E-state index in [1.165, 1.54) is 11.1 Å². The van der Waals surface area contributed by atoms with Crippen LogP contribution in [0.2, 0.25) is 0 Å². The van der Waals surface area contributed by atoms with Gasteiger partial charge in [-0.25, -0.2) is 0 Å². The lowest BCUT2D eigenvalue weighted by Gasteiger charge is -2.25. The molecule has 2 aromatic rings. The predicted molar refractivity (Wildman–Crippen MR) is 74.9 cm³/mol. The Hall–Kier alpha value is -1.64. The van der Waals surface area contributed by atoms with Crippen molar-refractivity contribution in [3.63, 3.8) is 0 Å². The third-order valence-corrected chi connectivity index (χ3v) is 3.41. The molecule has 19 heavy (non-hydrogen) atoms. The third-order valence-electron chi connectivity index (χ3n) is 3.41. The summed E-state index contributed by atoms with van der Waals surface area (Å²) in [4.78, 5) is 0. The van der Waals surface area contributed by atoms with Crippen molar-refractivity contribution in [2.45, 2.75) is 18.6 Å². The summed E-state index contributed by atoms with van der Waals surface area (Å²) in [5.41, 5.74) is 2.36. The van der Waals surface area contributed by atoms with E-state index in [1.54, 1.807) is 0 Å². The van der Waals surface area contributed by atoms with Crippen LogP contribution in [0.15, 0.2) is 60.7 Å². The van der Waals surface area contributed by atoms with Gasteiger partial charge in [-0.15, -0.1) is 0 Å². The normalized spacial score (nSPS) is 23.8. The minimum absolute atomic E-state index is 0.0221. The third kappa shape index (κ3) is 2.86. The Labute approximate surface area is 114 Å². The maximum absolute atomic E-state index is 6.03. The van der Waals surface area contributed by atoms with Crippen molar-refractivity contribution in [2.24, 2.45) is 0 Å². The Bertz CT molecular complexity index is 448. The van der Waals surface area contributed by atoms with Gasteiger partial charge in [0.25, 0.3) is 0 Å². The summed E-state index contributed by atoms with van der Waals surface area (Å²) in [5, 5.41) is 0. The summed E-state index contributed by atoms with van der Waals surface area (Å²) in [6.45, 7) is 1.51. The first-order valence-corrected chi connectivity index (χ1v) is 6.78. The zero-order chi connectivity index (χ0) is 12.9. The molecule has 98 valence electrons. The minimum Gasteiger partial charge on any atom is -0.370 e. The smallest absolute Gasteiger partial charge is 0.113 e. The van der Waals surface area contributed by atoms with Crippen molar-refractivity contribution >= 4 is 0 Å². The van der Waals surface area contributed by atoms with Gasteiger partial charge >= 0.3 is 0 Å². The van der Waals surface area contributed by atoms with Crippen LogP contribution in [-0.2, 0) is 9.47 Å². The van der Waals surface area contributed by atoms with Crippen molar-refractivity contribution in [2.75, 3.05) is 13.2 Å². The number of hydrogen-bond donors (Lipinski definition) is 0. The number of hydrogen-bond acceptors (Lipinski definition) is 2. The monoisotopic (exact) mass is 254 g/mol. The summed E-state index contributed by atoms with van der Waals surface area (Å²) in [5.74, 6) is 0. The largest absolute Gasteiger partial charge is 0.370 e. The fourth-order valence-corrected chi connectivity index (χ4v) is 2.48. The average Bonchev–Trinajstić information content (AvgIpc) is 2.75. The van der Waals surface area contributed by atoms with E-state index in [0.717, 1.165) is 19.6 Å². The Kier molecular flexibility index (Phi) is 3.92. The lowest BCUT2D eigenvalue weighted by atomic mass is 9.98. The quantitative estimate of drug-likeness (QED) is 0.809. The van der Waals surface area contributed by atoms with Crippen molar-refractivity contribution in [3.05, 3.63) is 71.8 Å². The molecule has 2 atom stereocenters. The number of ether oxygens (including phenoxy) is 2. The van der Waals surface area contributed by atoms with Gasteiger partial charge in [-0.05, 0) is 17.5 Å². The SMILES string of the molecule is c1ccc([C@H]2OCCCO[C@H]2c2ccccc2)cc1. The highest BCUT2D eigenvalue weighted by atomic mass is 16.5. The highest BCUT2D eigenvalue weighted by Gasteiger charge is 2.28. The van der Waals surface area contributed by atoms with Gasteiger partial charge in [-0.3, -0.25) is 0 Å². The molecule has 0 bridgehead atoms. The second kappa shape index (κ2) is 6.00. The lowest BCUT2D eigenvalue weighted by molar-refractivity contribution is -0.0397. The molecule has 0 N–H and O–H groups in total. The topological polar surface area (TPSA) is 18.5 Å². The summed E-state index contributed by atoms with van der Waals surface area (Å²) in [7, 11) is 0. The fraction of sp³-hybridized carbons (Fsp3) is 0.294. The van der Waals surface area contributed by atoms with E-state index in [9.17, 15) is 0 Å². The van der Waals surface area contributed by atoms with E-state index in [0.29, 0.717) is 0 Å². The predicted octanol–water partition coefficient (Wildman–Crippen LogP) is 3.91. The number of benzene rings is 2. The highest BCUT2D eigenvalue weighted by molar-refractivity contribution is 5.25. The molecule has 0 unspecified atom stereocenters. The molecular weight excluding hydrogens is 236 g/mol. The van der Waals surface area contributed by atoms with E-state index >= 15 is 0 Å². The van der Waals surface area contributed by atoms with Crippen LogP contribution >= 0.6 is 0 Å². The summed E-state index contributed by atoms with van der Waals surface area (Å²) in [6, 6.07) is 20.7. The van der Waals surface area contributed by atoms with E-state index in [4.69, 9.17) is 9.47 Å². The molecule has 0 saturated carbocycles. The van der Waals surface area contributed by atoms with Gasteiger partial charge in [0, 0.05) is 13.2 Å². The Morgan fingerprint density at radius 3 is 1.47 bits per heavy atom. The van der Waals surface area contributed by atoms with Gasteiger partial charge in [0.05, 0.1) is 0 Å². The summed E-state index contributed by atoms with van der Waals surface area (Å²) >= 11 is 0. The molecule has 1 saturated heterocycles. The van der Waals surface area contributed by atoms with Gasteiger partial charge < -0.3 is 9.47 Å². The second-order valence-corrected chi connectivity index (χ2v) is 4.76. The summed E-state index contributed by atoms with van der Waals surface area (Å²) in [6.07, 6.45) is 0.907. The van der Waals surface area contributed by atoms with Crippen molar-refractivity contribution in [1.29, 1.82) is 0 Å². The molecule has 2 aromatic carbocycles.